The lowest BCUT2D eigenvalue weighted by Gasteiger charge is -2.28. The molecule has 144 valence electrons. The van der Waals surface area contributed by atoms with Crippen molar-refractivity contribution in [2.75, 3.05) is 33.7 Å². The van der Waals surface area contributed by atoms with E-state index in [0.29, 0.717) is 0 Å². The van der Waals surface area contributed by atoms with E-state index in [-0.39, 0.29) is 24.0 Å². The first-order valence-electron chi connectivity index (χ1n) is 8.57. The van der Waals surface area contributed by atoms with Gasteiger partial charge >= 0.3 is 0 Å². The number of aliphatic imine (C=N–C) groups is 1. The first-order valence-corrected chi connectivity index (χ1v) is 9.82. The van der Waals surface area contributed by atoms with Gasteiger partial charge < -0.3 is 14.8 Å². The second-order valence-electron chi connectivity index (χ2n) is 6.49. The Balaban J connectivity index is 0.00000243. The average molecular weight is 508 g/mol. The summed E-state index contributed by atoms with van der Waals surface area (Å²) < 4.78 is 2.05. The molecule has 2 aromatic heterocycles. The second-order valence-corrected chi connectivity index (χ2v) is 7.92. The standard InChI is InChI=1S/C18H26ClN5S.HI/c1-20-18(23(3)13-16-10-15(19)12-22(16)2)21-6-8-24-7-4-17-14(11-24)5-9-25-17;/h5,9-10,12H,4,6-8,11,13H2,1-3H3,(H,20,21);1H. The van der Waals surface area contributed by atoms with E-state index in [1.54, 1.807) is 4.88 Å². The van der Waals surface area contributed by atoms with Crippen LogP contribution in [0.3, 0.4) is 0 Å². The summed E-state index contributed by atoms with van der Waals surface area (Å²) in [5, 5.41) is 6.45. The minimum Gasteiger partial charge on any atom is -0.355 e. The molecule has 0 aliphatic carbocycles. The number of hydrogen-bond donors (Lipinski definition) is 1. The van der Waals surface area contributed by atoms with Crippen molar-refractivity contribution in [3.8, 4) is 0 Å². The van der Waals surface area contributed by atoms with Crippen molar-refractivity contribution in [1.29, 1.82) is 0 Å². The summed E-state index contributed by atoms with van der Waals surface area (Å²) in [4.78, 5) is 10.6. The van der Waals surface area contributed by atoms with Gasteiger partial charge in [0, 0.05) is 64.1 Å². The van der Waals surface area contributed by atoms with Crippen LogP contribution in [-0.4, -0.2) is 54.1 Å². The molecule has 0 radical (unpaired) electrons. The first-order chi connectivity index (χ1) is 12.1. The van der Waals surface area contributed by atoms with Crippen LogP contribution in [0, 0.1) is 0 Å². The molecule has 1 aliphatic rings. The van der Waals surface area contributed by atoms with Crippen molar-refractivity contribution in [1.82, 2.24) is 19.7 Å². The van der Waals surface area contributed by atoms with E-state index in [0.717, 1.165) is 49.4 Å². The fourth-order valence-corrected chi connectivity index (χ4v) is 4.41. The number of rotatable bonds is 5. The van der Waals surface area contributed by atoms with Crippen LogP contribution in [0.1, 0.15) is 16.1 Å². The molecule has 0 fully saturated rings. The molecular formula is C18H27ClIN5S. The zero-order valence-corrected chi connectivity index (χ0v) is 19.4. The molecule has 8 heteroatoms. The van der Waals surface area contributed by atoms with Crippen LogP contribution in [0.2, 0.25) is 5.02 Å². The van der Waals surface area contributed by atoms with E-state index in [1.165, 1.54) is 12.0 Å². The molecule has 5 nitrogen and oxygen atoms in total. The van der Waals surface area contributed by atoms with E-state index in [4.69, 9.17) is 11.6 Å². The van der Waals surface area contributed by atoms with Gasteiger partial charge in [0.15, 0.2) is 5.96 Å². The maximum atomic E-state index is 6.07. The SMILES string of the molecule is CN=C(NCCN1CCc2sccc2C1)N(C)Cc1cc(Cl)cn1C.I. The van der Waals surface area contributed by atoms with Gasteiger partial charge in [-0.3, -0.25) is 9.89 Å². The van der Waals surface area contributed by atoms with Crippen LogP contribution >= 0.6 is 46.9 Å². The summed E-state index contributed by atoms with van der Waals surface area (Å²) in [5.74, 6) is 0.908. The second kappa shape index (κ2) is 9.96. The van der Waals surface area contributed by atoms with Crippen LogP contribution in [-0.2, 0) is 26.6 Å². The van der Waals surface area contributed by atoms with E-state index in [2.05, 4.69) is 43.2 Å². The summed E-state index contributed by atoms with van der Waals surface area (Å²) in [6, 6.07) is 4.26. The Morgan fingerprint density at radius 3 is 2.96 bits per heavy atom. The molecule has 0 saturated heterocycles. The van der Waals surface area contributed by atoms with Crippen molar-refractivity contribution in [3.63, 3.8) is 0 Å². The van der Waals surface area contributed by atoms with E-state index >= 15 is 0 Å². The van der Waals surface area contributed by atoms with Crippen molar-refractivity contribution < 1.29 is 0 Å². The number of guanidine groups is 1. The Morgan fingerprint density at radius 1 is 1.46 bits per heavy atom. The number of thiophene rings is 1. The Hall–Kier alpha value is -0.770. The number of nitrogens with one attached hydrogen (secondary N) is 1. The molecule has 1 aliphatic heterocycles. The van der Waals surface area contributed by atoms with Crippen LogP contribution in [0.15, 0.2) is 28.7 Å². The Kier molecular flexibility index (Phi) is 8.25. The normalized spacial score (nSPS) is 14.7. The fraction of sp³-hybridized carbons (Fsp3) is 0.500. The van der Waals surface area contributed by atoms with E-state index in [9.17, 15) is 0 Å². The summed E-state index contributed by atoms with van der Waals surface area (Å²) in [6.07, 6.45) is 3.10. The topological polar surface area (TPSA) is 35.8 Å². The number of fused-ring (bicyclic) bond motifs is 1. The molecule has 0 amide bonds. The van der Waals surface area contributed by atoms with E-state index in [1.807, 2.05) is 37.7 Å². The summed E-state index contributed by atoms with van der Waals surface area (Å²) in [6.45, 7) is 4.90. The monoisotopic (exact) mass is 507 g/mol. The number of hydrogen-bond acceptors (Lipinski definition) is 3. The fourth-order valence-electron chi connectivity index (χ4n) is 3.25. The Morgan fingerprint density at radius 2 is 2.27 bits per heavy atom. The van der Waals surface area contributed by atoms with Gasteiger partial charge in [0.25, 0.3) is 0 Å². The first kappa shape index (κ1) is 21.5. The molecule has 0 atom stereocenters. The molecule has 26 heavy (non-hydrogen) atoms. The van der Waals surface area contributed by atoms with Gasteiger partial charge in [0.1, 0.15) is 0 Å². The van der Waals surface area contributed by atoms with Crippen molar-refractivity contribution >= 4 is 52.9 Å². The van der Waals surface area contributed by atoms with E-state index < -0.39 is 0 Å². The molecule has 0 spiro atoms. The maximum Gasteiger partial charge on any atom is 0.193 e. The number of aromatic nitrogens is 1. The minimum atomic E-state index is 0. The highest BCUT2D eigenvalue weighted by Crippen LogP contribution is 2.23. The van der Waals surface area contributed by atoms with Crippen molar-refractivity contribution in [3.05, 3.63) is 44.9 Å². The van der Waals surface area contributed by atoms with Crippen LogP contribution in [0.5, 0.6) is 0 Å². The zero-order valence-electron chi connectivity index (χ0n) is 15.5. The number of aryl methyl sites for hydroxylation is 1. The molecule has 1 N–H and O–H groups in total. The van der Waals surface area contributed by atoms with Gasteiger partial charge in [-0.1, -0.05) is 11.6 Å². The number of halogens is 2. The lowest BCUT2D eigenvalue weighted by atomic mass is 10.1. The van der Waals surface area contributed by atoms with Gasteiger partial charge in [-0.2, -0.15) is 0 Å². The molecule has 3 rings (SSSR count). The summed E-state index contributed by atoms with van der Waals surface area (Å²) in [5.41, 5.74) is 2.66. The third-order valence-corrected chi connectivity index (χ3v) is 5.87. The summed E-state index contributed by atoms with van der Waals surface area (Å²) in [7, 11) is 5.89. The van der Waals surface area contributed by atoms with Gasteiger partial charge in [0.05, 0.1) is 11.6 Å². The molecular weight excluding hydrogens is 481 g/mol. The minimum absolute atomic E-state index is 0. The average Bonchev–Trinajstić information content (AvgIpc) is 3.17. The number of nitrogens with zero attached hydrogens (tertiary/aromatic N) is 4. The third kappa shape index (κ3) is 5.37. The molecule has 0 bridgehead atoms. The highest BCUT2D eigenvalue weighted by Gasteiger charge is 2.17. The molecule has 0 aromatic carbocycles. The van der Waals surface area contributed by atoms with Crippen LogP contribution in [0.25, 0.3) is 0 Å². The predicted octanol–water partition coefficient (Wildman–Crippen LogP) is 3.42. The smallest absolute Gasteiger partial charge is 0.193 e. The third-order valence-electron chi connectivity index (χ3n) is 4.64. The predicted molar refractivity (Wildman–Crippen MR) is 122 cm³/mol. The highest BCUT2D eigenvalue weighted by molar-refractivity contribution is 14.0. The van der Waals surface area contributed by atoms with Gasteiger partial charge in [-0.25, -0.2) is 0 Å². The Bertz CT molecular complexity index is 742. The largest absolute Gasteiger partial charge is 0.355 e. The summed E-state index contributed by atoms with van der Waals surface area (Å²) >= 11 is 7.96. The van der Waals surface area contributed by atoms with Crippen LogP contribution in [0.4, 0.5) is 0 Å². The molecule has 0 saturated carbocycles. The molecule has 2 aromatic rings. The highest BCUT2D eigenvalue weighted by atomic mass is 127. The molecule has 0 unspecified atom stereocenters. The lowest BCUT2D eigenvalue weighted by molar-refractivity contribution is 0.259. The zero-order chi connectivity index (χ0) is 17.8. The van der Waals surface area contributed by atoms with Gasteiger partial charge in [-0.15, -0.1) is 35.3 Å². The van der Waals surface area contributed by atoms with Crippen molar-refractivity contribution in [2.45, 2.75) is 19.5 Å². The lowest BCUT2D eigenvalue weighted by Crippen LogP contribution is -2.43. The van der Waals surface area contributed by atoms with Gasteiger partial charge in [0.2, 0.25) is 0 Å². The van der Waals surface area contributed by atoms with Crippen LogP contribution < -0.4 is 5.32 Å². The Labute approximate surface area is 182 Å². The quantitative estimate of drug-likeness (QED) is 0.383. The van der Waals surface area contributed by atoms with Crippen molar-refractivity contribution in [2.24, 2.45) is 12.0 Å². The maximum absolute atomic E-state index is 6.07. The molecule has 3 heterocycles. The van der Waals surface area contributed by atoms with Gasteiger partial charge in [-0.05, 0) is 29.5 Å².